The zero-order valence-electron chi connectivity index (χ0n) is 15.0. The van der Waals surface area contributed by atoms with Crippen molar-refractivity contribution >= 4 is 0 Å². The van der Waals surface area contributed by atoms with Crippen molar-refractivity contribution in [1.82, 2.24) is 10.2 Å². The molecule has 2 aromatic rings. The molecule has 5 nitrogen and oxygen atoms in total. The number of likely N-dealkylation sites (N-methyl/N-ethyl adjacent to an activating group) is 1. The van der Waals surface area contributed by atoms with Gasteiger partial charge in [-0.3, -0.25) is 4.90 Å². The van der Waals surface area contributed by atoms with Crippen LogP contribution >= 0.6 is 0 Å². The third-order valence-corrected chi connectivity index (χ3v) is 4.27. The predicted molar refractivity (Wildman–Crippen MR) is 95.6 cm³/mol. The van der Waals surface area contributed by atoms with E-state index < -0.39 is 0 Å². The second kappa shape index (κ2) is 9.35. The summed E-state index contributed by atoms with van der Waals surface area (Å²) in [4.78, 5) is 2.38. The molecular weight excluding hydrogens is 304 g/mol. The van der Waals surface area contributed by atoms with Gasteiger partial charge in [-0.25, -0.2) is 0 Å². The Labute approximate surface area is 144 Å². The van der Waals surface area contributed by atoms with E-state index in [1.165, 1.54) is 0 Å². The van der Waals surface area contributed by atoms with E-state index >= 15 is 0 Å². The molecule has 1 heterocycles. The lowest BCUT2D eigenvalue weighted by atomic mass is 10.1. The maximum absolute atomic E-state index is 5.64. The Morgan fingerprint density at radius 3 is 2.50 bits per heavy atom. The zero-order valence-corrected chi connectivity index (χ0v) is 15.0. The summed E-state index contributed by atoms with van der Waals surface area (Å²) in [6.07, 6.45) is 1.73. The summed E-state index contributed by atoms with van der Waals surface area (Å²) in [6.45, 7) is 7.81. The van der Waals surface area contributed by atoms with E-state index in [4.69, 9.17) is 13.9 Å². The van der Waals surface area contributed by atoms with Gasteiger partial charge in [0.1, 0.15) is 17.3 Å². The van der Waals surface area contributed by atoms with Crippen molar-refractivity contribution in [2.45, 2.75) is 26.4 Å². The van der Waals surface area contributed by atoms with Gasteiger partial charge in [0.2, 0.25) is 0 Å². The summed E-state index contributed by atoms with van der Waals surface area (Å²) in [6, 6.07) is 10.0. The Hall–Kier alpha value is -1.98. The molecule has 1 aromatic heterocycles. The van der Waals surface area contributed by atoms with Crippen LogP contribution < -0.4 is 14.8 Å². The quantitative estimate of drug-likeness (QED) is 0.722. The molecule has 0 aliphatic rings. The van der Waals surface area contributed by atoms with Crippen LogP contribution in [0.5, 0.6) is 11.5 Å². The first-order valence-corrected chi connectivity index (χ1v) is 8.42. The first-order valence-electron chi connectivity index (χ1n) is 8.42. The van der Waals surface area contributed by atoms with E-state index in [0.29, 0.717) is 6.54 Å². The first kappa shape index (κ1) is 18.4. The SMILES string of the molecule is CCN(CC)C(CNCc1cc(OC)ccc1OC)c1ccco1. The molecule has 0 bridgehead atoms. The van der Waals surface area contributed by atoms with Crippen molar-refractivity contribution < 1.29 is 13.9 Å². The summed E-state index contributed by atoms with van der Waals surface area (Å²) < 4.78 is 16.4. The normalized spacial score (nSPS) is 12.4. The molecule has 132 valence electrons. The maximum atomic E-state index is 5.64. The largest absolute Gasteiger partial charge is 0.497 e. The van der Waals surface area contributed by atoms with Crippen LogP contribution in [0.4, 0.5) is 0 Å². The fraction of sp³-hybridized carbons (Fsp3) is 0.474. The van der Waals surface area contributed by atoms with Gasteiger partial charge in [0.25, 0.3) is 0 Å². The molecule has 0 aliphatic carbocycles. The van der Waals surface area contributed by atoms with Gasteiger partial charge in [-0.05, 0) is 43.4 Å². The molecule has 0 aliphatic heterocycles. The molecule has 5 heteroatoms. The highest BCUT2D eigenvalue weighted by atomic mass is 16.5. The van der Waals surface area contributed by atoms with Crippen molar-refractivity contribution in [3.63, 3.8) is 0 Å². The number of benzene rings is 1. The summed E-state index contributed by atoms with van der Waals surface area (Å²) in [5.74, 6) is 2.68. The molecule has 1 atom stereocenters. The number of furan rings is 1. The fourth-order valence-corrected chi connectivity index (χ4v) is 2.92. The molecule has 0 amide bonds. The molecular formula is C19H28N2O3. The van der Waals surface area contributed by atoms with Crippen LogP contribution in [0.3, 0.4) is 0 Å². The van der Waals surface area contributed by atoms with Crippen LogP contribution in [0.1, 0.15) is 31.2 Å². The van der Waals surface area contributed by atoms with Crippen molar-refractivity contribution in [3.8, 4) is 11.5 Å². The standard InChI is InChI=1S/C19H28N2O3/c1-5-21(6-2)17(19-8-7-11-24-19)14-20-13-15-12-16(22-3)9-10-18(15)23-4/h7-12,17,20H,5-6,13-14H2,1-4H3. The Balaban J connectivity index is 2.05. The van der Waals surface area contributed by atoms with Crippen molar-refractivity contribution in [1.29, 1.82) is 0 Å². The van der Waals surface area contributed by atoms with E-state index in [0.717, 1.165) is 42.5 Å². The molecule has 0 fully saturated rings. The van der Waals surface area contributed by atoms with Gasteiger partial charge in [0.05, 0.1) is 26.5 Å². The Morgan fingerprint density at radius 1 is 1.12 bits per heavy atom. The number of hydrogen-bond donors (Lipinski definition) is 1. The number of ether oxygens (including phenoxy) is 2. The Morgan fingerprint density at radius 2 is 1.92 bits per heavy atom. The molecule has 1 aromatic carbocycles. The molecule has 0 saturated heterocycles. The number of rotatable bonds is 10. The minimum atomic E-state index is 0.214. The molecule has 1 N–H and O–H groups in total. The highest BCUT2D eigenvalue weighted by Crippen LogP contribution is 2.25. The van der Waals surface area contributed by atoms with Gasteiger partial charge in [0, 0.05) is 18.7 Å². The molecule has 24 heavy (non-hydrogen) atoms. The number of hydrogen-bond acceptors (Lipinski definition) is 5. The van der Waals surface area contributed by atoms with E-state index in [1.54, 1.807) is 20.5 Å². The lowest BCUT2D eigenvalue weighted by molar-refractivity contribution is 0.187. The van der Waals surface area contributed by atoms with Gasteiger partial charge in [-0.15, -0.1) is 0 Å². The van der Waals surface area contributed by atoms with E-state index in [1.807, 2.05) is 30.3 Å². The van der Waals surface area contributed by atoms with Crippen molar-refractivity contribution in [3.05, 3.63) is 47.9 Å². The summed E-state index contributed by atoms with van der Waals surface area (Å²) >= 11 is 0. The molecule has 2 rings (SSSR count). The second-order valence-corrected chi connectivity index (χ2v) is 5.56. The van der Waals surface area contributed by atoms with Crippen LogP contribution in [0.25, 0.3) is 0 Å². The molecule has 0 saturated carbocycles. The van der Waals surface area contributed by atoms with Gasteiger partial charge in [-0.1, -0.05) is 13.8 Å². The molecule has 0 radical (unpaired) electrons. The van der Waals surface area contributed by atoms with Crippen molar-refractivity contribution in [2.24, 2.45) is 0 Å². The van der Waals surface area contributed by atoms with Gasteiger partial charge >= 0.3 is 0 Å². The highest BCUT2D eigenvalue weighted by molar-refractivity contribution is 5.40. The monoisotopic (exact) mass is 332 g/mol. The topological polar surface area (TPSA) is 46.9 Å². The number of nitrogens with one attached hydrogen (secondary N) is 1. The van der Waals surface area contributed by atoms with Gasteiger partial charge in [0.15, 0.2) is 0 Å². The average molecular weight is 332 g/mol. The highest BCUT2D eigenvalue weighted by Gasteiger charge is 2.20. The second-order valence-electron chi connectivity index (χ2n) is 5.56. The summed E-state index contributed by atoms with van der Waals surface area (Å²) in [7, 11) is 3.36. The van der Waals surface area contributed by atoms with Crippen LogP contribution in [-0.4, -0.2) is 38.8 Å². The molecule has 0 spiro atoms. The first-order chi connectivity index (χ1) is 11.7. The minimum Gasteiger partial charge on any atom is -0.497 e. The number of methoxy groups -OCH3 is 2. The third kappa shape index (κ3) is 4.52. The average Bonchev–Trinajstić information content (AvgIpc) is 3.15. The van der Waals surface area contributed by atoms with E-state index in [2.05, 4.69) is 24.1 Å². The van der Waals surface area contributed by atoms with Crippen LogP contribution in [0.15, 0.2) is 41.0 Å². The van der Waals surface area contributed by atoms with Crippen molar-refractivity contribution in [2.75, 3.05) is 33.9 Å². The fourth-order valence-electron chi connectivity index (χ4n) is 2.92. The van der Waals surface area contributed by atoms with E-state index in [-0.39, 0.29) is 6.04 Å². The maximum Gasteiger partial charge on any atom is 0.123 e. The number of nitrogens with zero attached hydrogens (tertiary/aromatic N) is 1. The predicted octanol–water partition coefficient (Wildman–Crippen LogP) is 3.47. The summed E-state index contributed by atoms with van der Waals surface area (Å²) in [5.41, 5.74) is 1.08. The van der Waals surface area contributed by atoms with Crippen LogP contribution in [0, 0.1) is 0 Å². The van der Waals surface area contributed by atoms with Gasteiger partial charge in [-0.2, -0.15) is 0 Å². The molecule has 1 unspecified atom stereocenters. The van der Waals surface area contributed by atoms with E-state index in [9.17, 15) is 0 Å². The Kier molecular flexibility index (Phi) is 7.15. The lowest BCUT2D eigenvalue weighted by Gasteiger charge is -2.28. The lowest BCUT2D eigenvalue weighted by Crippen LogP contribution is -2.35. The summed E-state index contributed by atoms with van der Waals surface area (Å²) in [5, 5.41) is 3.53. The smallest absolute Gasteiger partial charge is 0.123 e. The van der Waals surface area contributed by atoms with Crippen LogP contribution in [0.2, 0.25) is 0 Å². The zero-order chi connectivity index (χ0) is 17.4. The Bertz CT molecular complexity index is 595. The minimum absolute atomic E-state index is 0.214. The van der Waals surface area contributed by atoms with Crippen LogP contribution in [-0.2, 0) is 6.54 Å². The van der Waals surface area contributed by atoms with Gasteiger partial charge < -0.3 is 19.2 Å². The third-order valence-electron chi connectivity index (χ3n) is 4.27.